The van der Waals surface area contributed by atoms with E-state index in [-0.39, 0.29) is 11.1 Å². The number of hydrogen-bond donors (Lipinski definition) is 1. The lowest BCUT2D eigenvalue weighted by Gasteiger charge is -2.25. The number of likely N-dealkylation sites (N-methyl/N-ethyl adjacent to an activating group) is 1. The Morgan fingerprint density at radius 2 is 1.67 bits per heavy atom. The van der Waals surface area contributed by atoms with Gasteiger partial charge in [0.25, 0.3) is 0 Å². The lowest BCUT2D eigenvalue weighted by molar-refractivity contribution is 0.256. The Bertz CT molecular complexity index is 1030. The molecular formula is C23H22Cl2FN3O. The molecule has 0 atom stereocenters. The Hall–Kier alpha value is -2.60. The topological polar surface area (TPSA) is 35.6 Å². The van der Waals surface area contributed by atoms with Gasteiger partial charge in [0.1, 0.15) is 5.82 Å². The quantitative estimate of drug-likeness (QED) is 0.476. The first kappa shape index (κ1) is 22.1. The summed E-state index contributed by atoms with van der Waals surface area (Å²) in [6, 6.07) is 19.1. The van der Waals surface area contributed by atoms with Crippen LogP contribution in [0.15, 0.2) is 66.7 Å². The molecule has 3 aromatic rings. The van der Waals surface area contributed by atoms with Crippen LogP contribution >= 0.6 is 23.2 Å². The molecule has 30 heavy (non-hydrogen) atoms. The average Bonchev–Trinajstić information content (AvgIpc) is 2.71. The second kappa shape index (κ2) is 9.94. The van der Waals surface area contributed by atoms with Crippen LogP contribution in [0.1, 0.15) is 0 Å². The third-order valence-electron chi connectivity index (χ3n) is 4.52. The minimum atomic E-state index is -0.532. The van der Waals surface area contributed by atoms with Gasteiger partial charge in [-0.1, -0.05) is 47.5 Å². The van der Waals surface area contributed by atoms with Crippen LogP contribution in [-0.2, 0) is 0 Å². The van der Waals surface area contributed by atoms with Crippen LogP contribution in [0.5, 0.6) is 0 Å². The average molecular weight is 446 g/mol. The van der Waals surface area contributed by atoms with E-state index in [1.165, 1.54) is 18.2 Å². The molecule has 3 rings (SSSR count). The highest BCUT2D eigenvalue weighted by atomic mass is 35.5. The van der Waals surface area contributed by atoms with Crippen LogP contribution in [0.2, 0.25) is 10.0 Å². The van der Waals surface area contributed by atoms with Gasteiger partial charge in [0, 0.05) is 29.5 Å². The van der Waals surface area contributed by atoms with E-state index < -0.39 is 5.82 Å². The van der Waals surface area contributed by atoms with Crippen LogP contribution in [-0.4, -0.2) is 38.1 Å². The number of nitrogens with one attached hydrogen (secondary N) is 1. The predicted molar refractivity (Wildman–Crippen MR) is 123 cm³/mol. The van der Waals surface area contributed by atoms with Crippen LogP contribution < -0.4 is 10.2 Å². The van der Waals surface area contributed by atoms with Crippen molar-refractivity contribution in [3.63, 3.8) is 0 Å². The smallest absolute Gasteiger partial charge is 0.308 e. The number of hydrogen-bond acceptors (Lipinski definition) is 2. The van der Waals surface area contributed by atoms with Crippen molar-refractivity contribution in [1.29, 1.82) is 0 Å². The standard InChI is InChI=1S/C23H22Cl2FN3O/c1-28(2)12-13-29(23(30)27-19-8-11-22(26)21(25)15-19)20-9-6-16(7-10-20)17-4-3-5-18(24)14-17/h3-11,14-15H,12-13H2,1-2H3,(H,27,30). The second-order valence-electron chi connectivity index (χ2n) is 7.07. The maximum Gasteiger partial charge on any atom is 0.326 e. The summed E-state index contributed by atoms with van der Waals surface area (Å²) >= 11 is 11.9. The van der Waals surface area contributed by atoms with Gasteiger partial charge in [-0.05, 0) is 67.7 Å². The molecule has 0 aliphatic rings. The normalized spacial score (nSPS) is 10.9. The molecule has 0 aromatic heterocycles. The van der Waals surface area contributed by atoms with Gasteiger partial charge in [0.05, 0.1) is 5.02 Å². The van der Waals surface area contributed by atoms with Crippen LogP contribution in [0.25, 0.3) is 11.1 Å². The van der Waals surface area contributed by atoms with Gasteiger partial charge in [0.15, 0.2) is 0 Å². The summed E-state index contributed by atoms with van der Waals surface area (Å²) in [5.41, 5.74) is 3.17. The highest BCUT2D eigenvalue weighted by Gasteiger charge is 2.17. The fraction of sp³-hybridized carbons (Fsp3) is 0.174. The maximum atomic E-state index is 13.4. The zero-order chi connectivity index (χ0) is 21.7. The van der Waals surface area contributed by atoms with E-state index in [2.05, 4.69) is 5.32 Å². The van der Waals surface area contributed by atoms with E-state index in [4.69, 9.17) is 23.2 Å². The van der Waals surface area contributed by atoms with Gasteiger partial charge in [-0.3, -0.25) is 4.90 Å². The summed E-state index contributed by atoms with van der Waals surface area (Å²) in [5, 5.41) is 3.41. The Morgan fingerprint density at radius 1 is 0.933 bits per heavy atom. The number of anilines is 2. The molecule has 0 aliphatic carbocycles. The van der Waals surface area contributed by atoms with Gasteiger partial charge < -0.3 is 10.2 Å². The van der Waals surface area contributed by atoms with Gasteiger partial charge in [0.2, 0.25) is 0 Å². The van der Waals surface area contributed by atoms with E-state index in [0.29, 0.717) is 23.8 Å². The lowest BCUT2D eigenvalue weighted by Crippen LogP contribution is -2.39. The van der Waals surface area contributed by atoms with Gasteiger partial charge in [-0.2, -0.15) is 0 Å². The van der Waals surface area contributed by atoms with Crippen molar-refractivity contribution >= 4 is 40.6 Å². The summed E-state index contributed by atoms with van der Waals surface area (Å²) in [7, 11) is 3.89. The molecule has 4 nitrogen and oxygen atoms in total. The Morgan fingerprint density at radius 3 is 2.30 bits per heavy atom. The molecule has 1 N–H and O–H groups in total. The summed E-state index contributed by atoms with van der Waals surface area (Å²) in [6.07, 6.45) is 0. The van der Waals surface area contributed by atoms with Gasteiger partial charge >= 0.3 is 6.03 Å². The largest absolute Gasteiger partial charge is 0.326 e. The molecule has 0 unspecified atom stereocenters. The number of urea groups is 1. The SMILES string of the molecule is CN(C)CCN(C(=O)Nc1ccc(F)c(Cl)c1)c1ccc(-c2cccc(Cl)c2)cc1. The number of rotatable bonds is 6. The predicted octanol–water partition coefficient (Wildman–Crippen LogP) is 6.40. The van der Waals surface area contributed by atoms with E-state index in [1.54, 1.807) is 4.90 Å². The van der Waals surface area contributed by atoms with Crippen molar-refractivity contribution in [2.75, 3.05) is 37.4 Å². The molecular weight excluding hydrogens is 424 g/mol. The second-order valence-corrected chi connectivity index (χ2v) is 7.91. The first-order valence-electron chi connectivity index (χ1n) is 9.38. The van der Waals surface area contributed by atoms with Gasteiger partial charge in [-0.25, -0.2) is 9.18 Å². The molecule has 0 fully saturated rings. The van der Waals surface area contributed by atoms with Gasteiger partial charge in [-0.15, -0.1) is 0 Å². The van der Waals surface area contributed by atoms with Crippen molar-refractivity contribution in [3.05, 3.63) is 82.6 Å². The molecule has 0 bridgehead atoms. The van der Waals surface area contributed by atoms with E-state index >= 15 is 0 Å². The molecule has 0 saturated heterocycles. The zero-order valence-electron chi connectivity index (χ0n) is 16.7. The molecule has 0 spiro atoms. The Kier molecular flexibility index (Phi) is 7.32. The van der Waals surface area contributed by atoms with E-state index in [1.807, 2.05) is 67.5 Å². The van der Waals surface area contributed by atoms with Crippen LogP contribution in [0.3, 0.4) is 0 Å². The number of carbonyl (C=O) groups is 1. The van der Waals surface area contributed by atoms with E-state index in [0.717, 1.165) is 16.8 Å². The first-order valence-corrected chi connectivity index (χ1v) is 10.1. The molecule has 2 amide bonds. The number of nitrogens with zero attached hydrogens (tertiary/aromatic N) is 2. The van der Waals surface area contributed by atoms with E-state index in [9.17, 15) is 9.18 Å². The molecule has 7 heteroatoms. The number of carbonyl (C=O) groups excluding carboxylic acids is 1. The third kappa shape index (κ3) is 5.72. The highest BCUT2D eigenvalue weighted by Crippen LogP contribution is 2.26. The Labute approximate surface area is 185 Å². The fourth-order valence-electron chi connectivity index (χ4n) is 2.91. The molecule has 0 heterocycles. The summed E-state index contributed by atoms with van der Waals surface area (Å²) in [6.45, 7) is 1.15. The van der Waals surface area contributed by atoms with Crippen molar-refractivity contribution in [2.24, 2.45) is 0 Å². The van der Waals surface area contributed by atoms with Crippen LogP contribution in [0, 0.1) is 5.82 Å². The molecule has 0 radical (unpaired) electrons. The minimum Gasteiger partial charge on any atom is -0.308 e. The highest BCUT2D eigenvalue weighted by molar-refractivity contribution is 6.31. The summed E-state index contributed by atoms with van der Waals surface area (Å²) in [5.74, 6) is -0.532. The fourth-order valence-corrected chi connectivity index (χ4v) is 3.29. The first-order chi connectivity index (χ1) is 14.3. The molecule has 3 aromatic carbocycles. The third-order valence-corrected chi connectivity index (χ3v) is 5.05. The number of amides is 2. The van der Waals surface area contributed by atoms with Crippen molar-refractivity contribution in [3.8, 4) is 11.1 Å². The molecule has 0 saturated carbocycles. The number of halogens is 3. The minimum absolute atomic E-state index is 0.0430. The summed E-state index contributed by atoms with van der Waals surface area (Å²) in [4.78, 5) is 16.6. The maximum absolute atomic E-state index is 13.4. The van der Waals surface area contributed by atoms with Crippen LogP contribution in [0.4, 0.5) is 20.6 Å². The van der Waals surface area contributed by atoms with Crippen molar-refractivity contribution in [2.45, 2.75) is 0 Å². The van der Waals surface area contributed by atoms with Crippen molar-refractivity contribution < 1.29 is 9.18 Å². The summed E-state index contributed by atoms with van der Waals surface area (Å²) < 4.78 is 13.4. The zero-order valence-corrected chi connectivity index (χ0v) is 18.2. The Balaban J connectivity index is 1.83. The monoisotopic (exact) mass is 445 g/mol. The number of benzene rings is 3. The molecule has 0 aliphatic heterocycles. The molecule has 156 valence electrons. The lowest BCUT2D eigenvalue weighted by atomic mass is 10.1. The van der Waals surface area contributed by atoms with Crippen molar-refractivity contribution in [1.82, 2.24) is 4.90 Å².